The molecule has 2 aromatic rings. The van der Waals surface area contributed by atoms with E-state index >= 15 is 0 Å². The number of hydrogen-bond donors (Lipinski definition) is 1. The van der Waals surface area contributed by atoms with Gasteiger partial charge in [0.15, 0.2) is 0 Å². The molecule has 124 valence electrons. The summed E-state index contributed by atoms with van der Waals surface area (Å²) in [7, 11) is 4.02. The van der Waals surface area contributed by atoms with E-state index in [9.17, 15) is 4.79 Å². The Hall–Kier alpha value is -2.62. The van der Waals surface area contributed by atoms with E-state index in [-0.39, 0.29) is 11.8 Å². The van der Waals surface area contributed by atoms with Crippen molar-refractivity contribution in [3.63, 3.8) is 0 Å². The van der Waals surface area contributed by atoms with Gasteiger partial charge >= 0.3 is 0 Å². The summed E-state index contributed by atoms with van der Waals surface area (Å²) in [6.07, 6.45) is 0.905. The third kappa shape index (κ3) is 3.65. The molecule has 2 aromatic carbocycles. The van der Waals surface area contributed by atoms with Crippen molar-refractivity contribution in [1.29, 1.82) is 0 Å². The first-order chi connectivity index (χ1) is 11.6. The number of benzene rings is 2. The zero-order valence-corrected chi connectivity index (χ0v) is 14.4. The van der Waals surface area contributed by atoms with Crippen LogP contribution in [0.2, 0.25) is 0 Å². The molecule has 0 heterocycles. The summed E-state index contributed by atoms with van der Waals surface area (Å²) in [5.74, 6) is 0.384. The number of carbonyl (C=O) groups is 1. The lowest BCUT2D eigenvalue weighted by Crippen LogP contribution is -2.21. The van der Waals surface area contributed by atoms with E-state index in [2.05, 4.69) is 27.6 Å². The third-order valence-electron chi connectivity index (χ3n) is 4.49. The van der Waals surface area contributed by atoms with Crippen LogP contribution in [0.25, 0.3) is 0 Å². The van der Waals surface area contributed by atoms with Gasteiger partial charge in [-0.1, -0.05) is 42.5 Å². The van der Waals surface area contributed by atoms with Gasteiger partial charge in [-0.25, -0.2) is 5.43 Å². The Balaban J connectivity index is 1.58. The molecule has 0 aromatic heterocycles. The van der Waals surface area contributed by atoms with Crippen LogP contribution in [0.1, 0.15) is 30.4 Å². The maximum absolute atomic E-state index is 12.2. The van der Waals surface area contributed by atoms with Crippen molar-refractivity contribution in [2.75, 3.05) is 19.0 Å². The Morgan fingerprint density at radius 2 is 1.75 bits per heavy atom. The molecular weight excluding hydrogens is 298 g/mol. The van der Waals surface area contributed by atoms with Gasteiger partial charge in [-0.15, -0.1) is 0 Å². The summed E-state index contributed by atoms with van der Waals surface area (Å²) in [4.78, 5) is 14.3. The largest absolute Gasteiger partial charge is 0.378 e. The predicted octanol–water partition coefficient (Wildman–Crippen LogP) is 3.40. The van der Waals surface area contributed by atoms with Gasteiger partial charge in [0.1, 0.15) is 0 Å². The van der Waals surface area contributed by atoms with Crippen molar-refractivity contribution in [2.24, 2.45) is 11.0 Å². The first kappa shape index (κ1) is 16.2. The minimum absolute atomic E-state index is 0.00751. The molecular formula is C20H23N3O. The highest BCUT2D eigenvalue weighted by molar-refractivity contribution is 5.99. The van der Waals surface area contributed by atoms with Crippen LogP contribution in [0.4, 0.5) is 5.69 Å². The number of amides is 1. The lowest BCUT2D eigenvalue weighted by molar-refractivity contribution is -0.122. The second kappa shape index (κ2) is 6.87. The highest BCUT2D eigenvalue weighted by Gasteiger charge is 2.43. The van der Waals surface area contributed by atoms with Crippen molar-refractivity contribution in [3.8, 4) is 0 Å². The molecule has 0 saturated heterocycles. The monoisotopic (exact) mass is 321 g/mol. The highest BCUT2D eigenvalue weighted by atomic mass is 16.2. The molecule has 4 heteroatoms. The van der Waals surface area contributed by atoms with Crippen LogP contribution in [-0.4, -0.2) is 25.7 Å². The highest BCUT2D eigenvalue weighted by Crippen LogP contribution is 2.47. The lowest BCUT2D eigenvalue weighted by atomic mass is 10.1. The SMILES string of the molecule is C/C(=N/NC(=O)[C@H]1C[C@H]1c1ccccc1)c1ccc(N(C)C)cc1. The number of carbonyl (C=O) groups excluding carboxylic acids is 1. The Morgan fingerprint density at radius 1 is 1.08 bits per heavy atom. The molecule has 1 aliphatic carbocycles. The average Bonchev–Trinajstić information content (AvgIpc) is 3.41. The van der Waals surface area contributed by atoms with Gasteiger partial charge in [0.05, 0.1) is 5.71 Å². The van der Waals surface area contributed by atoms with Crippen LogP contribution >= 0.6 is 0 Å². The van der Waals surface area contributed by atoms with Crippen LogP contribution in [0.3, 0.4) is 0 Å². The smallest absolute Gasteiger partial charge is 0.243 e. The minimum atomic E-state index is 0.00751. The van der Waals surface area contributed by atoms with Crippen LogP contribution in [0, 0.1) is 5.92 Å². The number of hydrogen-bond acceptors (Lipinski definition) is 3. The van der Waals surface area contributed by atoms with Gasteiger partial charge in [-0.3, -0.25) is 4.79 Å². The van der Waals surface area contributed by atoms with E-state index in [1.807, 2.05) is 63.5 Å². The van der Waals surface area contributed by atoms with Crippen molar-refractivity contribution in [3.05, 3.63) is 65.7 Å². The number of nitrogens with zero attached hydrogens (tertiary/aromatic N) is 2. The van der Waals surface area contributed by atoms with E-state index in [1.54, 1.807) is 0 Å². The molecule has 1 fully saturated rings. The molecule has 24 heavy (non-hydrogen) atoms. The predicted molar refractivity (Wildman–Crippen MR) is 98.4 cm³/mol. The fourth-order valence-corrected chi connectivity index (χ4v) is 2.84. The molecule has 3 rings (SSSR count). The van der Waals surface area contributed by atoms with Gasteiger partial charge in [-0.2, -0.15) is 5.10 Å². The number of rotatable bonds is 5. The van der Waals surface area contributed by atoms with Gasteiger partial charge in [-0.05, 0) is 42.5 Å². The summed E-state index contributed by atoms with van der Waals surface area (Å²) < 4.78 is 0. The third-order valence-corrected chi connectivity index (χ3v) is 4.49. The molecule has 4 nitrogen and oxygen atoms in total. The van der Waals surface area contributed by atoms with E-state index in [0.29, 0.717) is 5.92 Å². The summed E-state index contributed by atoms with van der Waals surface area (Å²) in [6.45, 7) is 1.91. The van der Waals surface area contributed by atoms with Crippen LogP contribution < -0.4 is 10.3 Å². The standard InChI is InChI=1S/C20H23N3O/c1-14(15-9-11-17(12-10-15)23(2)3)21-22-20(24)19-13-18(19)16-7-5-4-6-8-16/h4-12,18-19H,13H2,1-3H3,(H,22,24)/b21-14-/t18-,19-/m0/s1. The Bertz CT molecular complexity index is 735. The second-order valence-corrected chi connectivity index (χ2v) is 6.47. The Kier molecular flexibility index (Phi) is 4.65. The lowest BCUT2D eigenvalue weighted by Gasteiger charge is -2.12. The summed E-state index contributed by atoms with van der Waals surface area (Å²) >= 11 is 0. The number of hydrazone groups is 1. The second-order valence-electron chi connectivity index (χ2n) is 6.47. The van der Waals surface area contributed by atoms with Crippen LogP contribution in [0.5, 0.6) is 0 Å². The Morgan fingerprint density at radius 3 is 2.38 bits per heavy atom. The maximum atomic E-state index is 12.2. The molecule has 0 aliphatic heterocycles. The Labute approximate surface area is 143 Å². The summed E-state index contributed by atoms with van der Waals surface area (Å²) in [5.41, 5.74) is 6.91. The normalized spacial score (nSPS) is 19.7. The fourth-order valence-electron chi connectivity index (χ4n) is 2.84. The molecule has 0 unspecified atom stereocenters. The van der Waals surface area contributed by atoms with Crippen molar-refractivity contribution >= 4 is 17.3 Å². The van der Waals surface area contributed by atoms with Crippen molar-refractivity contribution in [2.45, 2.75) is 19.3 Å². The zero-order valence-electron chi connectivity index (χ0n) is 14.4. The van der Waals surface area contributed by atoms with Gasteiger partial charge < -0.3 is 4.90 Å². The van der Waals surface area contributed by atoms with Gasteiger partial charge in [0.25, 0.3) is 0 Å². The fraction of sp³-hybridized carbons (Fsp3) is 0.300. The molecule has 2 atom stereocenters. The van der Waals surface area contributed by atoms with E-state index in [4.69, 9.17) is 0 Å². The summed E-state index contributed by atoms with van der Waals surface area (Å²) in [6, 6.07) is 18.3. The average molecular weight is 321 g/mol. The van der Waals surface area contributed by atoms with Crippen molar-refractivity contribution in [1.82, 2.24) is 5.43 Å². The first-order valence-corrected chi connectivity index (χ1v) is 8.23. The molecule has 0 spiro atoms. The number of nitrogens with one attached hydrogen (secondary N) is 1. The van der Waals surface area contributed by atoms with Crippen molar-refractivity contribution < 1.29 is 4.79 Å². The molecule has 1 N–H and O–H groups in total. The van der Waals surface area contributed by atoms with E-state index in [0.717, 1.165) is 23.4 Å². The molecule has 1 aliphatic rings. The molecule has 0 bridgehead atoms. The topological polar surface area (TPSA) is 44.7 Å². The van der Waals surface area contributed by atoms with Crippen LogP contribution in [0.15, 0.2) is 59.7 Å². The van der Waals surface area contributed by atoms with E-state index in [1.165, 1.54) is 5.56 Å². The minimum Gasteiger partial charge on any atom is -0.378 e. The number of anilines is 1. The maximum Gasteiger partial charge on any atom is 0.243 e. The molecule has 1 amide bonds. The van der Waals surface area contributed by atoms with Gasteiger partial charge in [0, 0.05) is 25.7 Å². The van der Waals surface area contributed by atoms with Gasteiger partial charge in [0.2, 0.25) is 5.91 Å². The molecule has 1 saturated carbocycles. The van der Waals surface area contributed by atoms with E-state index < -0.39 is 0 Å². The molecule has 0 radical (unpaired) electrons. The zero-order chi connectivity index (χ0) is 17.1. The van der Waals surface area contributed by atoms with Crippen LogP contribution in [-0.2, 0) is 4.79 Å². The first-order valence-electron chi connectivity index (χ1n) is 8.23. The summed E-state index contributed by atoms with van der Waals surface area (Å²) in [5, 5.41) is 4.26. The quantitative estimate of drug-likeness (QED) is 0.677.